The van der Waals surface area contributed by atoms with Gasteiger partial charge >= 0.3 is 0 Å². The highest BCUT2D eigenvalue weighted by Crippen LogP contribution is 2.21. The zero-order valence-electron chi connectivity index (χ0n) is 10.4. The van der Waals surface area contributed by atoms with E-state index < -0.39 is 0 Å². The molecule has 1 heterocycles. The minimum absolute atomic E-state index is 0.415. The van der Waals surface area contributed by atoms with Crippen molar-refractivity contribution >= 4 is 0 Å². The van der Waals surface area contributed by atoms with Crippen LogP contribution < -0.4 is 5.32 Å². The molecule has 17 heavy (non-hydrogen) atoms. The monoisotopic (exact) mass is 233 g/mol. The third kappa shape index (κ3) is 2.87. The molecule has 0 bridgehead atoms. The van der Waals surface area contributed by atoms with Gasteiger partial charge in [-0.25, -0.2) is 0 Å². The summed E-state index contributed by atoms with van der Waals surface area (Å²) in [5.74, 6) is 0. The number of methoxy groups -OCH3 is 1. The van der Waals surface area contributed by atoms with Gasteiger partial charge in [-0.2, -0.15) is 5.26 Å². The first-order chi connectivity index (χ1) is 8.22. The topological polar surface area (TPSA) is 50.0 Å². The van der Waals surface area contributed by atoms with Crippen molar-refractivity contribution in [2.75, 3.05) is 7.11 Å². The molecular weight excluding hydrogens is 214 g/mol. The average molecular weight is 233 g/mol. The number of ether oxygens (including phenoxy) is 1. The van der Waals surface area contributed by atoms with Gasteiger partial charge in [-0.3, -0.25) is 0 Å². The van der Waals surface area contributed by atoms with Crippen molar-refractivity contribution in [3.63, 3.8) is 0 Å². The molecule has 0 aliphatic heterocycles. The molecular formula is C13H19N3O. The highest BCUT2D eigenvalue weighted by atomic mass is 16.5. The summed E-state index contributed by atoms with van der Waals surface area (Å²) in [5, 5.41) is 12.4. The number of rotatable bonds is 4. The summed E-state index contributed by atoms with van der Waals surface area (Å²) in [6, 6.07) is 4.66. The van der Waals surface area contributed by atoms with Gasteiger partial charge in [0.25, 0.3) is 0 Å². The van der Waals surface area contributed by atoms with Gasteiger partial charge < -0.3 is 14.6 Å². The van der Waals surface area contributed by atoms with Crippen LogP contribution >= 0.6 is 0 Å². The van der Waals surface area contributed by atoms with E-state index in [1.165, 1.54) is 12.0 Å². The van der Waals surface area contributed by atoms with Crippen LogP contribution in [0.1, 0.15) is 30.5 Å². The van der Waals surface area contributed by atoms with Crippen LogP contribution in [0.5, 0.6) is 0 Å². The molecule has 1 aliphatic rings. The fourth-order valence-electron chi connectivity index (χ4n) is 2.44. The van der Waals surface area contributed by atoms with Crippen LogP contribution in [0.2, 0.25) is 0 Å². The smallest absolute Gasteiger partial charge is 0.120 e. The Morgan fingerprint density at radius 1 is 1.59 bits per heavy atom. The molecule has 2 rings (SSSR count). The van der Waals surface area contributed by atoms with Gasteiger partial charge in [0, 0.05) is 32.9 Å². The third-order valence-corrected chi connectivity index (χ3v) is 3.49. The van der Waals surface area contributed by atoms with Crippen molar-refractivity contribution in [2.24, 2.45) is 7.05 Å². The second-order valence-electron chi connectivity index (χ2n) is 4.70. The van der Waals surface area contributed by atoms with E-state index in [1.807, 2.05) is 23.9 Å². The van der Waals surface area contributed by atoms with Gasteiger partial charge in [0.05, 0.1) is 6.10 Å². The number of nitrogens with zero attached hydrogens (tertiary/aromatic N) is 2. The highest BCUT2D eigenvalue weighted by Gasteiger charge is 2.23. The minimum atomic E-state index is 0.415. The minimum Gasteiger partial charge on any atom is -0.381 e. The molecule has 2 unspecified atom stereocenters. The third-order valence-electron chi connectivity index (χ3n) is 3.49. The van der Waals surface area contributed by atoms with Crippen LogP contribution in [0.15, 0.2) is 12.3 Å². The van der Waals surface area contributed by atoms with Crippen LogP contribution in [0, 0.1) is 11.3 Å². The van der Waals surface area contributed by atoms with Gasteiger partial charge in [0.2, 0.25) is 0 Å². The predicted molar refractivity (Wildman–Crippen MR) is 65.4 cm³/mol. The molecule has 0 radical (unpaired) electrons. The average Bonchev–Trinajstić information content (AvgIpc) is 2.92. The lowest BCUT2D eigenvalue weighted by atomic mass is 10.2. The van der Waals surface area contributed by atoms with Crippen molar-refractivity contribution in [3.05, 3.63) is 23.5 Å². The Labute approximate surface area is 102 Å². The normalized spacial score (nSPS) is 23.8. The van der Waals surface area contributed by atoms with Crippen molar-refractivity contribution in [1.29, 1.82) is 5.26 Å². The van der Waals surface area contributed by atoms with Crippen LogP contribution in [0.4, 0.5) is 0 Å². The molecule has 0 aromatic carbocycles. The second kappa shape index (κ2) is 5.35. The number of hydrogen-bond acceptors (Lipinski definition) is 3. The molecule has 0 amide bonds. The maximum Gasteiger partial charge on any atom is 0.120 e. The number of aryl methyl sites for hydroxylation is 1. The first-order valence-electron chi connectivity index (χ1n) is 6.04. The molecule has 0 saturated heterocycles. The van der Waals surface area contributed by atoms with Crippen molar-refractivity contribution in [3.8, 4) is 6.07 Å². The molecule has 0 spiro atoms. The maximum absolute atomic E-state index is 8.87. The van der Waals surface area contributed by atoms with Gasteiger partial charge in [0.1, 0.15) is 11.8 Å². The first-order valence-corrected chi connectivity index (χ1v) is 6.04. The van der Waals surface area contributed by atoms with E-state index in [-0.39, 0.29) is 0 Å². The Morgan fingerprint density at radius 3 is 3.00 bits per heavy atom. The summed E-state index contributed by atoms with van der Waals surface area (Å²) in [6.45, 7) is 0.830. The summed E-state index contributed by atoms with van der Waals surface area (Å²) >= 11 is 0. The predicted octanol–water partition coefficient (Wildman–Crippen LogP) is 1.55. The molecule has 1 aromatic rings. The zero-order chi connectivity index (χ0) is 12.3. The fraction of sp³-hybridized carbons (Fsp3) is 0.615. The number of nitrogens with one attached hydrogen (secondary N) is 1. The molecule has 1 N–H and O–H groups in total. The van der Waals surface area contributed by atoms with Gasteiger partial charge in [-0.15, -0.1) is 0 Å². The van der Waals surface area contributed by atoms with E-state index in [2.05, 4.69) is 11.4 Å². The molecule has 1 aliphatic carbocycles. The Bertz CT molecular complexity index is 419. The lowest BCUT2D eigenvalue weighted by molar-refractivity contribution is 0.107. The summed E-state index contributed by atoms with van der Waals surface area (Å²) in [5.41, 5.74) is 1.88. The quantitative estimate of drug-likeness (QED) is 0.858. The standard InChI is InChI=1S/C13H19N3O/c1-16-9-10(5-12(16)7-14)8-15-11-3-4-13(6-11)17-2/h5,9,11,13,15H,3-4,6,8H2,1-2H3. The Hall–Kier alpha value is -1.31. The highest BCUT2D eigenvalue weighted by molar-refractivity contribution is 5.28. The lowest BCUT2D eigenvalue weighted by Gasteiger charge is -2.11. The SMILES string of the molecule is COC1CCC(NCc2cc(C#N)n(C)c2)C1. The molecule has 4 nitrogen and oxygen atoms in total. The lowest BCUT2D eigenvalue weighted by Crippen LogP contribution is -2.26. The molecule has 2 atom stereocenters. The van der Waals surface area contributed by atoms with Crippen LogP contribution in [0.3, 0.4) is 0 Å². The summed E-state index contributed by atoms with van der Waals surface area (Å²) in [7, 11) is 3.68. The van der Waals surface area contributed by atoms with Crippen LogP contribution in [-0.4, -0.2) is 23.8 Å². The van der Waals surface area contributed by atoms with Gasteiger partial charge in [-0.1, -0.05) is 0 Å². The maximum atomic E-state index is 8.87. The number of nitriles is 1. The molecule has 1 aromatic heterocycles. The fourth-order valence-corrected chi connectivity index (χ4v) is 2.44. The summed E-state index contributed by atoms with van der Waals surface area (Å²) < 4.78 is 7.21. The van der Waals surface area contributed by atoms with Crippen molar-refractivity contribution in [1.82, 2.24) is 9.88 Å². The Morgan fingerprint density at radius 2 is 2.41 bits per heavy atom. The van der Waals surface area contributed by atoms with Crippen molar-refractivity contribution in [2.45, 2.75) is 38.0 Å². The largest absolute Gasteiger partial charge is 0.381 e. The Balaban J connectivity index is 1.84. The second-order valence-corrected chi connectivity index (χ2v) is 4.70. The van der Waals surface area contributed by atoms with E-state index in [1.54, 1.807) is 7.11 Å². The van der Waals surface area contributed by atoms with E-state index >= 15 is 0 Å². The molecule has 4 heteroatoms. The molecule has 92 valence electrons. The molecule has 1 fully saturated rings. The van der Waals surface area contributed by atoms with Crippen LogP contribution in [0.25, 0.3) is 0 Å². The zero-order valence-corrected chi connectivity index (χ0v) is 10.4. The summed E-state index contributed by atoms with van der Waals surface area (Å²) in [6.07, 6.45) is 5.84. The van der Waals surface area contributed by atoms with E-state index in [0.717, 1.165) is 19.4 Å². The number of aromatic nitrogens is 1. The number of hydrogen-bond donors (Lipinski definition) is 1. The van der Waals surface area contributed by atoms with E-state index in [4.69, 9.17) is 10.00 Å². The Kier molecular flexibility index (Phi) is 3.82. The summed E-state index contributed by atoms with van der Waals surface area (Å²) in [4.78, 5) is 0. The first kappa shape index (κ1) is 12.2. The van der Waals surface area contributed by atoms with Gasteiger partial charge in [0.15, 0.2) is 0 Å². The van der Waals surface area contributed by atoms with Crippen LogP contribution in [-0.2, 0) is 18.3 Å². The van der Waals surface area contributed by atoms with Crippen molar-refractivity contribution < 1.29 is 4.74 Å². The van der Waals surface area contributed by atoms with E-state index in [0.29, 0.717) is 17.8 Å². The van der Waals surface area contributed by atoms with Gasteiger partial charge in [-0.05, 0) is 30.9 Å². The van der Waals surface area contributed by atoms with E-state index in [9.17, 15) is 0 Å². The molecule has 1 saturated carbocycles.